The lowest BCUT2D eigenvalue weighted by Crippen LogP contribution is -2.50. The van der Waals surface area contributed by atoms with Crippen LogP contribution in [0.5, 0.6) is 0 Å². The predicted octanol–water partition coefficient (Wildman–Crippen LogP) is 2.07. The number of carbonyl (C=O) groups excluding carboxylic acids is 1. The van der Waals surface area contributed by atoms with Crippen LogP contribution >= 0.6 is 0 Å². The highest BCUT2D eigenvalue weighted by atomic mass is 16.1. The summed E-state index contributed by atoms with van der Waals surface area (Å²) in [6, 6.07) is 9.52. The van der Waals surface area contributed by atoms with Crippen LogP contribution in [0.1, 0.15) is 36.3 Å². The van der Waals surface area contributed by atoms with Gasteiger partial charge in [-0.05, 0) is 31.5 Å². The van der Waals surface area contributed by atoms with Crippen molar-refractivity contribution in [1.29, 1.82) is 0 Å². The molecule has 1 aromatic heterocycles. The molecule has 1 aromatic carbocycles. The van der Waals surface area contributed by atoms with E-state index in [1.807, 2.05) is 6.07 Å². The minimum Gasteiger partial charge on any atom is -0.366 e. The molecule has 4 N–H and O–H groups in total. The average Bonchev–Trinajstić information content (AvgIpc) is 2.62. The van der Waals surface area contributed by atoms with Crippen molar-refractivity contribution < 1.29 is 4.79 Å². The number of aryl methyl sites for hydroxylation is 1. The largest absolute Gasteiger partial charge is 0.366 e. The SMILES string of the molecule is CCCc1cc(N2CCNCC2C)nc(Nc2cccc(C(N)=O)c2)n1. The van der Waals surface area contributed by atoms with Crippen LogP contribution < -0.4 is 21.3 Å². The molecule has 3 rings (SSSR count). The highest BCUT2D eigenvalue weighted by Crippen LogP contribution is 2.22. The smallest absolute Gasteiger partial charge is 0.248 e. The van der Waals surface area contributed by atoms with Gasteiger partial charge in [0.15, 0.2) is 0 Å². The van der Waals surface area contributed by atoms with Crippen LogP contribution in [0.25, 0.3) is 0 Å². The molecule has 26 heavy (non-hydrogen) atoms. The van der Waals surface area contributed by atoms with Crippen molar-refractivity contribution in [3.63, 3.8) is 0 Å². The van der Waals surface area contributed by atoms with Crippen molar-refractivity contribution in [2.75, 3.05) is 29.9 Å². The van der Waals surface area contributed by atoms with E-state index >= 15 is 0 Å². The van der Waals surface area contributed by atoms with Crippen molar-refractivity contribution in [3.8, 4) is 0 Å². The second-order valence-corrected chi connectivity index (χ2v) is 6.61. The molecular weight excluding hydrogens is 328 g/mol. The van der Waals surface area contributed by atoms with E-state index < -0.39 is 5.91 Å². The van der Waals surface area contributed by atoms with Gasteiger partial charge < -0.3 is 21.3 Å². The Kier molecular flexibility index (Phi) is 5.68. The summed E-state index contributed by atoms with van der Waals surface area (Å²) < 4.78 is 0. The zero-order valence-electron chi connectivity index (χ0n) is 15.3. The van der Waals surface area contributed by atoms with E-state index in [1.165, 1.54) is 0 Å². The number of nitrogens with two attached hydrogens (primary N) is 1. The maximum atomic E-state index is 11.4. The van der Waals surface area contributed by atoms with Crippen LogP contribution in [-0.2, 0) is 6.42 Å². The van der Waals surface area contributed by atoms with E-state index in [0.29, 0.717) is 17.6 Å². The number of hydrogen-bond acceptors (Lipinski definition) is 6. The number of piperazine rings is 1. The van der Waals surface area contributed by atoms with Gasteiger partial charge >= 0.3 is 0 Å². The van der Waals surface area contributed by atoms with Crippen LogP contribution in [0.2, 0.25) is 0 Å². The third-order valence-corrected chi connectivity index (χ3v) is 4.47. The van der Waals surface area contributed by atoms with Gasteiger partial charge in [0, 0.05) is 48.7 Å². The molecule has 1 aliphatic heterocycles. The van der Waals surface area contributed by atoms with Crippen LogP contribution in [-0.4, -0.2) is 41.6 Å². The fourth-order valence-electron chi connectivity index (χ4n) is 3.13. The number of primary amides is 1. The molecule has 7 heteroatoms. The number of rotatable bonds is 6. The summed E-state index contributed by atoms with van der Waals surface area (Å²) in [7, 11) is 0. The van der Waals surface area contributed by atoms with Gasteiger partial charge in [0.2, 0.25) is 11.9 Å². The molecule has 1 saturated heterocycles. The molecule has 0 aliphatic carbocycles. The van der Waals surface area contributed by atoms with E-state index in [0.717, 1.165) is 49.7 Å². The number of nitrogens with zero attached hydrogens (tertiary/aromatic N) is 3. The molecule has 1 atom stereocenters. The molecule has 1 unspecified atom stereocenters. The van der Waals surface area contributed by atoms with Crippen LogP contribution in [0.15, 0.2) is 30.3 Å². The molecular formula is C19H26N6O. The third-order valence-electron chi connectivity index (χ3n) is 4.47. The lowest BCUT2D eigenvalue weighted by Gasteiger charge is -2.35. The maximum absolute atomic E-state index is 11.4. The van der Waals surface area contributed by atoms with Crippen LogP contribution in [0, 0.1) is 0 Å². The van der Waals surface area contributed by atoms with E-state index in [2.05, 4.69) is 40.4 Å². The first kappa shape index (κ1) is 18.1. The molecule has 0 saturated carbocycles. The summed E-state index contributed by atoms with van der Waals surface area (Å²) in [5, 5.41) is 6.62. The number of carbonyl (C=O) groups is 1. The van der Waals surface area contributed by atoms with Crippen molar-refractivity contribution in [3.05, 3.63) is 41.6 Å². The van der Waals surface area contributed by atoms with Gasteiger partial charge in [0.1, 0.15) is 5.82 Å². The number of aromatic nitrogens is 2. The van der Waals surface area contributed by atoms with E-state index in [4.69, 9.17) is 10.7 Å². The van der Waals surface area contributed by atoms with Crippen molar-refractivity contribution in [1.82, 2.24) is 15.3 Å². The normalized spacial score (nSPS) is 17.2. The number of hydrogen-bond donors (Lipinski definition) is 3. The maximum Gasteiger partial charge on any atom is 0.248 e. The van der Waals surface area contributed by atoms with Gasteiger partial charge in [-0.3, -0.25) is 4.79 Å². The number of nitrogens with one attached hydrogen (secondary N) is 2. The Bertz CT molecular complexity index is 778. The third kappa shape index (κ3) is 4.29. The van der Waals surface area contributed by atoms with E-state index in [9.17, 15) is 4.79 Å². The number of anilines is 3. The Balaban J connectivity index is 1.90. The fourth-order valence-corrected chi connectivity index (χ4v) is 3.13. The monoisotopic (exact) mass is 354 g/mol. The van der Waals surface area contributed by atoms with Crippen molar-refractivity contribution >= 4 is 23.4 Å². The molecule has 2 aromatic rings. The molecule has 138 valence electrons. The van der Waals surface area contributed by atoms with Gasteiger partial charge in [-0.25, -0.2) is 4.98 Å². The van der Waals surface area contributed by atoms with Crippen molar-refractivity contribution in [2.45, 2.75) is 32.7 Å². The summed E-state index contributed by atoms with van der Waals surface area (Å²) in [5.41, 5.74) is 7.58. The zero-order valence-corrected chi connectivity index (χ0v) is 15.3. The summed E-state index contributed by atoms with van der Waals surface area (Å²) in [6.45, 7) is 7.13. The quantitative estimate of drug-likeness (QED) is 0.735. The van der Waals surface area contributed by atoms with E-state index in [1.54, 1.807) is 18.2 Å². The molecule has 1 fully saturated rings. The highest BCUT2D eigenvalue weighted by molar-refractivity contribution is 5.93. The summed E-state index contributed by atoms with van der Waals surface area (Å²) in [5.74, 6) is 1.02. The zero-order chi connectivity index (χ0) is 18.5. The topological polar surface area (TPSA) is 96.2 Å². The molecule has 1 amide bonds. The van der Waals surface area contributed by atoms with Crippen LogP contribution in [0.3, 0.4) is 0 Å². The minimum atomic E-state index is -0.454. The number of amides is 1. The molecule has 7 nitrogen and oxygen atoms in total. The average molecular weight is 354 g/mol. The van der Waals surface area contributed by atoms with Gasteiger partial charge in [0.25, 0.3) is 0 Å². The molecule has 0 spiro atoms. The first-order valence-electron chi connectivity index (χ1n) is 9.09. The Morgan fingerprint density at radius 2 is 2.23 bits per heavy atom. The summed E-state index contributed by atoms with van der Waals surface area (Å²) in [4.78, 5) is 23.1. The standard InChI is InChI=1S/C19H26N6O/c1-3-5-15-11-17(25-9-8-21-12-13(25)2)24-19(22-15)23-16-7-4-6-14(10-16)18(20)26/h4,6-7,10-11,13,21H,3,5,8-9,12H2,1-2H3,(H2,20,26)(H,22,23,24). The van der Waals surface area contributed by atoms with Crippen LogP contribution in [0.4, 0.5) is 17.5 Å². The number of benzene rings is 1. The van der Waals surface area contributed by atoms with Crippen molar-refractivity contribution in [2.24, 2.45) is 5.73 Å². The Labute approximate surface area is 154 Å². The second kappa shape index (κ2) is 8.14. The van der Waals surface area contributed by atoms with Gasteiger partial charge in [0.05, 0.1) is 0 Å². The lowest BCUT2D eigenvalue weighted by molar-refractivity contribution is 0.100. The Hall–Kier alpha value is -2.67. The van der Waals surface area contributed by atoms with Gasteiger partial charge in [-0.1, -0.05) is 19.4 Å². The van der Waals surface area contributed by atoms with Gasteiger partial charge in [-0.15, -0.1) is 0 Å². The summed E-state index contributed by atoms with van der Waals surface area (Å²) >= 11 is 0. The molecule has 1 aliphatic rings. The second-order valence-electron chi connectivity index (χ2n) is 6.61. The minimum absolute atomic E-state index is 0.374. The first-order valence-corrected chi connectivity index (χ1v) is 9.09. The Morgan fingerprint density at radius 1 is 1.38 bits per heavy atom. The first-order chi connectivity index (χ1) is 12.6. The molecule has 0 bridgehead atoms. The molecule has 2 heterocycles. The summed E-state index contributed by atoms with van der Waals surface area (Å²) in [6.07, 6.45) is 1.91. The lowest BCUT2D eigenvalue weighted by atomic mass is 10.2. The Morgan fingerprint density at radius 3 is 2.96 bits per heavy atom. The van der Waals surface area contributed by atoms with Gasteiger partial charge in [-0.2, -0.15) is 4.98 Å². The predicted molar refractivity (Wildman–Crippen MR) is 104 cm³/mol. The molecule has 0 radical (unpaired) electrons. The van der Waals surface area contributed by atoms with E-state index in [-0.39, 0.29) is 0 Å². The fraction of sp³-hybridized carbons (Fsp3) is 0.421. The highest BCUT2D eigenvalue weighted by Gasteiger charge is 2.20.